The van der Waals surface area contributed by atoms with E-state index < -0.39 is 0 Å². The van der Waals surface area contributed by atoms with Crippen LogP contribution in [-0.4, -0.2) is 4.98 Å². The molecule has 0 aliphatic rings. The van der Waals surface area contributed by atoms with E-state index in [1.807, 2.05) is 35.7 Å². The third-order valence-electron chi connectivity index (χ3n) is 3.06. The average molecular weight is 304 g/mol. The zero-order valence-electron chi connectivity index (χ0n) is 10.7. The van der Waals surface area contributed by atoms with Gasteiger partial charge in [-0.1, -0.05) is 35.9 Å². The van der Waals surface area contributed by atoms with E-state index in [1.54, 1.807) is 13.0 Å². The largest absolute Gasteiger partial charge is 0.236 e. The van der Waals surface area contributed by atoms with Crippen molar-refractivity contribution in [3.63, 3.8) is 0 Å². The zero-order valence-corrected chi connectivity index (χ0v) is 12.3. The lowest BCUT2D eigenvalue weighted by Gasteiger charge is -2.00. The molecule has 0 saturated heterocycles. The van der Waals surface area contributed by atoms with E-state index in [9.17, 15) is 4.39 Å². The van der Waals surface area contributed by atoms with Crippen LogP contribution in [-0.2, 0) is 0 Å². The number of aromatic nitrogens is 1. The highest BCUT2D eigenvalue weighted by molar-refractivity contribution is 7.13. The second kappa shape index (κ2) is 5.35. The summed E-state index contributed by atoms with van der Waals surface area (Å²) in [5.74, 6) is -0.203. The minimum Gasteiger partial charge on any atom is -0.236 e. The maximum Gasteiger partial charge on any atom is 0.126 e. The highest BCUT2D eigenvalue weighted by atomic mass is 35.5. The molecule has 0 spiro atoms. The van der Waals surface area contributed by atoms with Gasteiger partial charge in [0.15, 0.2) is 0 Å². The molecule has 0 N–H and O–H groups in total. The second-order valence-electron chi connectivity index (χ2n) is 4.51. The van der Waals surface area contributed by atoms with Gasteiger partial charge in [-0.15, -0.1) is 11.3 Å². The Morgan fingerprint density at radius 3 is 2.45 bits per heavy atom. The summed E-state index contributed by atoms with van der Waals surface area (Å²) in [6.07, 6.45) is 0. The van der Waals surface area contributed by atoms with Crippen molar-refractivity contribution in [2.45, 2.75) is 6.92 Å². The summed E-state index contributed by atoms with van der Waals surface area (Å²) in [7, 11) is 0. The number of halogens is 2. The monoisotopic (exact) mass is 303 g/mol. The lowest BCUT2D eigenvalue weighted by Crippen LogP contribution is -1.84. The standard InChI is InChI=1S/C16H11ClFNS/c1-10-2-3-12(8-14(10)18)16-19-15(9-20-16)11-4-6-13(17)7-5-11/h2-9H,1H3. The fourth-order valence-electron chi connectivity index (χ4n) is 1.89. The maximum absolute atomic E-state index is 13.6. The van der Waals surface area contributed by atoms with Crippen LogP contribution in [0.4, 0.5) is 4.39 Å². The molecule has 0 bridgehead atoms. The number of rotatable bonds is 2. The summed E-state index contributed by atoms with van der Waals surface area (Å²) >= 11 is 7.38. The predicted molar refractivity (Wildman–Crippen MR) is 82.7 cm³/mol. The fourth-order valence-corrected chi connectivity index (χ4v) is 2.84. The van der Waals surface area contributed by atoms with Gasteiger partial charge in [-0.2, -0.15) is 0 Å². The molecule has 4 heteroatoms. The van der Waals surface area contributed by atoms with Gasteiger partial charge in [0.1, 0.15) is 10.8 Å². The lowest BCUT2D eigenvalue weighted by atomic mass is 10.1. The van der Waals surface area contributed by atoms with E-state index >= 15 is 0 Å². The number of benzene rings is 2. The Morgan fingerprint density at radius 1 is 1.05 bits per heavy atom. The van der Waals surface area contributed by atoms with Crippen molar-refractivity contribution in [3.8, 4) is 21.8 Å². The average Bonchev–Trinajstić information content (AvgIpc) is 2.92. The Kier molecular flexibility index (Phi) is 3.55. The van der Waals surface area contributed by atoms with E-state index in [1.165, 1.54) is 17.4 Å². The number of thiazole rings is 1. The summed E-state index contributed by atoms with van der Waals surface area (Å²) in [6.45, 7) is 1.75. The molecule has 1 aromatic heterocycles. The molecule has 20 heavy (non-hydrogen) atoms. The first-order valence-corrected chi connectivity index (χ1v) is 7.37. The Bertz CT molecular complexity index is 749. The van der Waals surface area contributed by atoms with Crippen molar-refractivity contribution in [1.82, 2.24) is 4.98 Å². The van der Waals surface area contributed by atoms with Crippen LogP contribution in [0.1, 0.15) is 5.56 Å². The number of nitrogens with zero attached hydrogens (tertiary/aromatic N) is 1. The van der Waals surface area contributed by atoms with Crippen molar-refractivity contribution in [2.24, 2.45) is 0 Å². The third-order valence-corrected chi connectivity index (χ3v) is 4.21. The molecule has 100 valence electrons. The molecule has 0 atom stereocenters. The van der Waals surface area contributed by atoms with Crippen LogP contribution in [0.2, 0.25) is 5.02 Å². The normalized spacial score (nSPS) is 10.8. The Balaban J connectivity index is 1.97. The van der Waals surface area contributed by atoms with Crippen molar-refractivity contribution in [1.29, 1.82) is 0 Å². The maximum atomic E-state index is 13.6. The lowest BCUT2D eigenvalue weighted by molar-refractivity contribution is 0.619. The predicted octanol–water partition coefficient (Wildman–Crippen LogP) is 5.58. The minimum absolute atomic E-state index is 0.203. The quantitative estimate of drug-likeness (QED) is 0.602. The summed E-state index contributed by atoms with van der Waals surface area (Å²) in [5.41, 5.74) is 3.33. The molecular weight excluding hydrogens is 293 g/mol. The second-order valence-corrected chi connectivity index (χ2v) is 5.80. The van der Waals surface area contributed by atoms with Gasteiger partial charge in [0.2, 0.25) is 0 Å². The van der Waals surface area contributed by atoms with Crippen molar-refractivity contribution in [3.05, 3.63) is 64.2 Å². The van der Waals surface area contributed by atoms with Crippen molar-refractivity contribution >= 4 is 22.9 Å². The summed E-state index contributed by atoms with van der Waals surface area (Å²) in [6, 6.07) is 12.7. The van der Waals surface area contributed by atoms with E-state index in [0.29, 0.717) is 10.6 Å². The first kappa shape index (κ1) is 13.3. The molecule has 0 saturated carbocycles. The van der Waals surface area contributed by atoms with Crippen LogP contribution in [0.3, 0.4) is 0 Å². The van der Waals surface area contributed by atoms with Crippen LogP contribution in [0, 0.1) is 12.7 Å². The molecule has 3 rings (SSSR count). The molecule has 3 aromatic rings. The molecule has 0 aliphatic heterocycles. The molecule has 0 unspecified atom stereocenters. The summed E-state index contributed by atoms with van der Waals surface area (Å²) < 4.78 is 13.6. The molecule has 1 heterocycles. The Hall–Kier alpha value is -1.71. The fraction of sp³-hybridized carbons (Fsp3) is 0.0625. The zero-order chi connectivity index (χ0) is 14.1. The van der Waals surface area contributed by atoms with Gasteiger partial charge in [-0.3, -0.25) is 0 Å². The van der Waals surface area contributed by atoms with Crippen LogP contribution < -0.4 is 0 Å². The Labute approximate surface area is 125 Å². The first-order chi connectivity index (χ1) is 9.63. The molecule has 0 amide bonds. The van der Waals surface area contributed by atoms with Crippen LogP contribution in [0.15, 0.2) is 47.8 Å². The van der Waals surface area contributed by atoms with Gasteiger partial charge in [-0.05, 0) is 30.7 Å². The van der Waals surface area contributed by atoms with Crippen LogP contribution in [0.25, 0.3) is 21.8 Å². The molecule has 0 aliphatic carbocycles. The van der Waals surface area contributed by atoms with E-state index in [-0.39, 0.29) is 5.82 Å². The van der Waals surface area contributed by atoms with Gasteiger partial charge in [-0.25, -0.2) is 9.37 Å². The van der Waals surface area contributed by atoms with E-state index in [0.717, 1.165) is 21.8 Å². The third kappa shape index (κ3) is 2.60. The number of hydrogen-bond acceptors (Lipinski definition) is 2. The van der Waals surface area contributed by atoms with Gasteiger partial charge >= 0.3 is 0 Å². The Morgan fingerprint density at radius 2 is 1.75 bits per heavy atom. The topological polar surface area (TPSA) is 12.9 Å². The van der Waals surface area contributed by atoms with Crippen LogP contribution >= 0.6 is 22.9 Å². The van der Waals surface area contributed by atoms with E-state index in [4.69, 9.17) is 11.6 Å². The minimum atomic E-state index is -0.203. The smallest absolute Gasteiger partial charge is 0.126 e. The van der Waals surface area contributed by atoms with Gasteiger partial charge < -0.3 is 0 Å². The highest BCUT2D eigenvalue weighted by Crippen LogP contribution is 2.30. The summed E-state index contributed by atoms with van der Waals surface area (Å²) in [5, 5.41) is 3.48. The highest BCUT2D eigenvalue weighted by Gasteiger charge is 2.08. The molecule has 0 radical (unpaired) electrons. The van der Waals surface area contributed by atoms with Crippen LogP contribution in [0.5, 0.6) is 0 Å². The van der Waals surface area contributed by atoms with Gasteiger partial charge in [0, 0.05) is 21.5 Å². The van der Waals surface area contributed by atoms with Crippen molar-refractivity contribution < 1.29 is 4.39 Å². The van der Waals surface area contributed by atoms with Gasteiger partial charge in [0.05, 0.1) is 5.69 Å². The van der Waals surface area contributed by atoms with E-state index in [2.05, 4.69) is 4.98 Å². The molecule has 1 nitrogen and oxygen atoms in total. The molecular formula is C16H11ClFNS. The summed E-state index contributed by atoms with van der Waals surface area (Å²) in [4.78, 5) is 4.56. The number of aryl methyl sites for hydroxylation is 1. The molecule has 2 aromatic carbocycles. The first-order valence-electron chi connectivity index (χ1n) is 6.11. The molecule has 0 fully saturated rings. The SMILES string of the molecule is Cc1ccc(-c2nc(-c3ccc(Cl)cc3)cs2)cc1F. The van der Waals surface area contributed by atoms with Crippen molar-refractivity contribution in [2.75, 3.05) is 0 Å². The number of hydrogen-bond donors (Lipinski definition) is 0. The van der Waals surface area contributed by atoms with Gasteiger partial charge in [0.25, 0.3) is 0 Å².